The molecule has 0 saturated carbocycles. The summed E-state index contributed by atoms with van der Waals surface area (Å²) in [5.41, 5.74) is 2.00. The van der Waals surface area contributed by atoms with E-state index in [-0.39, 0.29) is 11.0 Å². The Morgan fingerprint density at radius 2 is 1.81 bits per heavy atom. The Balaban J connectivity index is 1.58. The van der Waals surface area contributed by atoms with Crippen molar-refractivity contribution in [2.75, 3.05) is 10.0 Å². The second-order valence-electron chi connectivity index (χ2n) is 7.39. The van der Waals surface area contributed by atoms with Crippen molar-refractivity contribution in [3.8, 4) is 5.69 Å². The predicted molar refractivity (Wildman–Crippen MR) is 123 cm³/mol. The van der Waals surface area contributed by atoms with Gasteiger partial charge < -0.3 is 5.32 Å². The Kier molecular flexibility index (Phi) is 5.94. The van der Waals surface area contributed by atoms with Gasteiger partial charge in [0, 0.05) is 17.7 Å². The first kappa shape index (κ1) is 21.9. The van der Waals surface area contributed by atoms with E-state index >= 15 is 0 Å². The maximum absolute atomic E-state index is 14.8. The summed E-state index contributed by atoms with van der Waals surface area (Å²) >= 11 is 1.12. The second-order valence-corrected chi connectivity index (χ2v) is 10.1. The Labute approximate surface area is 189 Å². The molecule has 2 aromatic carbocycles. The molecule has 0 spiro atoms. The van der Waals surface area contributed by atoms with E-state index in [1.54, 1.807) is 4.68 Å². The molecule has 4 rings (SSSR count). The highest BCUT2D eigenvalue weighted by atomic mass is 32.2. The number of benzene rings is 2. The van der Waals surface area contributed by atoms with E-state index in [1.165, 1.54) is 12.1 Å². The third kappa shape index (κ3) is 4.63. The van der Waals surface area contributed by atoms with Gasteiger partial charge in [0.2, 0.25) is 5.13 Å². The summed E-state index contributed by atoms with van der Waals surface area (Å²) in [6, 6.07) is 15.1. The van der Waals surface area contributed by atoms with Crippen molar-refractivity contribution in [1.82, 2.24) is 20.0 Å². The third-order valence-electron chi connectivity index (χ3n) is 4.48. The summed E-state index contributed by atoms with van der Waals surface area (Å²) in [7, 11) is -4.16. The highest BCUT2D eigenvalue weighted by Gasteiger charge is 2.22. The van der Waals surface area contributed by atoms with Crippen LogP contribution in [0, 0.1) is 12.7 Å². The lowest BCUT2D eigenvalue weighted by Crippen LogP contribution is -2.14. The van der Waals surface area contributed by atoms with Crippen LogP contribution in [0.3, 0.4) is 0 Å². The molecule has 0 atom stereocenters. The molecule has 0 radical (unpaired) electrons. The Morgan fingerprint density at radius 3 is 2.47 bits per heavy atom. The smallest absolute Gasteiger partial charge is 0.266 e. The normalized spacial score (nSPS) is 11.7. The number of rotatable bonds is 7. The fourth-order valence-electron chi connectivity index (χ4n) is 2.98. The minimum absolute atomic E-state index is 0.0949. The largest absolute Gasteiger partial charge is 0.340 e. The van der Waals surface area contributed by atoms with E-state index < -0.39 is 20.7 Å². The van der Waals surface area contributed by atoms with Crippen molar-refractivity contribution in [1.29, 1.82) is 0 Å². The van der Waals surface area contributed by atoms with Crippen LogP contribution in [0.4, 0.5) is 21.0 Å². The van der Waals surface area contributed by atoms with E-state index in [0.29, 0.717) is 16.5 Å². The Morgan fingerprint density at radius 1 is 1.06 bits per heavy atom. The molecule has 0 saturated heterocycles. The molecule has 0 fully saturated rings. The molecule has 4 aromatic rings. The van der Waals surface area contributed by atoms with Gasteiger partial charge in [-0.05, 0) is 37.3 Å². The van der Waals surface area contributed by atoms with Gasteiger partial charge in [-0.3, -0.25) is 4.72 Å². The molecule has 2 heterocycles. The molecular formula is C21H21FN6O2S2. The summed E-state index contributed by atoms with van der Waals surface area (Å²) in [4.78, 5) is -0.475. The lowest BCUT2D eigenvalue weighted by Gasteiger charge is -2.11. The van der Waals surface area contributed by atoms with Crippen molar-refractivity contribution >= 4 is 38.0 Å². The van der Waals surface area contributed by atoms with Gasteiger partial charge in [0.25, 0.3) is 10.0 Å². The average Bonchev–Trinajstić information content (AvgIpc) is 3.34. The van der Waals surface area contributed by atoms with Crippen LogP contribution in [0.5, 0.6) is 0 Å². The van der Waals surface area contributed by atoms with Gasteiger partial charge in [0.05, 0.1) is 11.4 Å². The number of sulfonamides is 1. The summed E-state index contributed by atoms with van der Waals surface area (Å²) in [5.74, 6) is -0.156. The highest BCUT2D eigenvalue weighted by Crippen LogP contribution is 2.28. The fourth-order valence-corrected chi connectivity index (χ4v) is 5.01. The standard InChI is InChI=1S/C21H21FN6O2S2/c1-13(2)20-24-25-21(31-20)27-32(29,30)18-10-9-15(12-17(18)22)23-19-11-14(3)26-28(19)16-7-5-4-6-8-16/h4-13,23H,1-3H3,(H,25,27). The first-order chi connectivity index (χ1) is 15.2. The monoisotopic (exact) mass is 472 g/mol. The van der Waals surface area contributed by atoms with Gasteiger partial charge in [-0.25, -0.2) is 17.5 Å². The lowest BCUT2D eigenvalue weighted by atomic mass is 10.2. The second kappa shape index (κ2) is 8.67. The van der Waals surface area contributed by atoms with Gasteiger partial charge in [0.15, 0.2) is 0 Å². The molecule has 0 aliphatic heterocycles. The quantitative estimate of drug-likeness (QED) is 0.399. The lowest BCUT2D eigenvalue weighted by molar-refractivity contribution is 0.570. The van der Waals surface area contributed by atoms with Crippen LogP contribution in [0.2, 0.25) is 0 Å². The number of aromatic nitrogens is 4. The number of para-hydroxylation sites is 1. The van der Waals surface area contributed by atoms with E-state index in [4.69, 9.17) is 0 Å². The fraction of sp³-hybridized carbons (Fsp3) is 0.190. The van der Waals surface area contributed by atoms with Crippen LogP contribution in [-0.2, 0) is 10.0 Å². The number of hydrogen-bond donors (Lipinski definition) is 2. The highest BCUT2D eigenvalue weighted by molar-refractivity contribution is 7.93. The number of halogens is 1. The van der Waals surface area contributed by atoms with Crippen molar-refractivity contribution in [3.63, 3.8) is 0 Å². The summed E-state index contributed by atoms with van der Waals surface area (Å²) < 4.78 is 44.1. The third-order valence-corrected chi connectivity index (χ3v) is 7.12. The topological polar surface area (TPSA) is 102 Å². The van der Waals surface area contributed by atoms with Gasteiger partial charge in [-0.15, -0.1) is 10.2 Å². The SMILES string of the molecule is Cc1cc(Nc2ccc(S(=O)(=O)Nc3nnc(C(C)C)s3)c(F)c2)n(-c2ccccc2)n1. The van der Waals surface area contributed by atoms with E-state index in [0.717, 1.165) is 28.8 Å². The Bertz CT molecular complexity index is 1350. The van der Waals surface area contributed by atoms with Crippen LogP contribution in [0.15, 0.2) is 59.5 Å². The zero-order chi connectivity index (χ0) is 22.9. The molecule has 8 nitrogen and oxygen atoms in total. The molecular weight excluding hydrogens is 451 g/mol. The Hall–Kier alpha value is -3.31. The van der Waals surface area contributed by atoms with E-state index in [1.807, 2.05) is 57.2 Å². The van der Waals surface area contributed by atoms with Crippen LogP contribution < -0.4 is 10.0 Å². The molecule has 11 heteroatoms. The molecule has 0 aliphatic carbocycles. The van der Waals surface area contributed by atoms with Crippen LogP contribution in [0.25, 0.3) is 5.69 Å². The molecule has 0 aliphatic rings. The summed E-state index contributed by atoms with van der Waals surface area (Å²) in [6.07, 6.45) is 0. The van der Waals surface area contributed by atoms with Crippen LogP contribution in [-0.4, -0.2) is 28.4 Å². The maximum Gasteiger partial charge on any atom is 0.266 e. The summed E-state index contributed by atoms with van der Waals surface area (Å²) in [5, 5.41) is 16.1. The van der Waals surface area contributed by atoms with Crippen molar-refractivity contribution < 1.29 is 12.8 Å². The first-order valence-corrected chi connectivity index (χ1v) is 12.1. The van der Waals surface area contributed by atoms with Gasteiger partial charge in [-0.1, -0.05) is 43.4 Å². The zero-order valence-corrected chi connectivity index (χ0v) is 19.2. The molecule has 0 bridgehead atoms. The molecule has 166 valence electrons. The van der Waals surface area contributed by atoms with E-state index in [9.17, 15) is 12.8 Å². The van der Waals surface area contributed by atoms with Gasteiger partial charge in [0.1, 0.15) is 21.5 Å². The number of nitrogens with zero attached hydrogens (tertiary/aromatic N) is 4. The van der Waals surface area contributed by atoms with Crippen molar-refractivity contribution in [3.05, 3.63) is 71.1 Å². The minimum atomic E-state index is -4.16. The molecule has 0 amide bonds. The first-order valence-electron chi connectivity index (χ1n) is 9.78. The summed E-state index contributed by atoms with van der Waals surface area (Å²) in [6.45, 7) is 5.70. The molecule has 2 aromatic heterocycles. The molecule has 2 N–H and O–H groups in total. The zero-order valence-electron chi connectivity index (χ0n) is 17.6. The van der Waals surface area contributed by atoms with Crippen LogP contribution >= 0.6 is 11.3 Å². The molecule has 0 unspecified atom stereocenters. The predicted octanol–water partition coefficient (Wildman–Crippen LogP) is 4.84. The van der Waals surface area contributed by atoms with Crippen LogP contribution in [0.1, 0.15) is 30.5 Å². The van der Waals surface area contributed by atoms with E-state index in [2.05, 4.69) is 25.3 Å². The van der Waals surface area contributed by atoms with Crippen molar-refractivity contribution in [2.24, 2.45) is 0 Å². The molecule has 32 heavy (non-hydrogen) atoms. The van der Waals surface area contributed by atoms with Crippen molar-refractivity contribution in [2.45, 2.75) is 31.6 Å². The number of anilines is 3. The average molecular weight is 473 g/mol. The number of aryl methyl sites for hydroxylation is 1. The van der Waals surface area contributed by atoms with Gasteiger partial charge >= 0.3 is 0 Å². The minimum Gasteiger partial charge on any atom is -0.340 e. The number of hydrogen-bond acceptors (Lipinski definition) is 7. The number of nitrogens with one attached hydrogen (secondary N) is 2. The van der Waals surface area contributed by atoms with Gasteiger partial charge in [-0.2, -0.15) is 5.10 Å². The maximum atomic E-state index is 14.8.